The number of benzene rings is 1. The maximum atomic E-state index is 14.3. The van der Waals surface area contributed by atoms with Gasteiger partial charge >= 0.3 is 0 Å². The number of fused-ring (bicyclic) bond motifs is 1. The molecule has 1 aromatic carbocycles. The molecule has 1 aliphatic carbocycles. The Balaban J connectivity index is 1.51. The highest BCUT2D eigenvalue weighted by Crippen LogP contribution is 2.48. The van der Waals surface area contributed by atoms with Crippen LogP contribution in [-0.4, -0.2) is 39.4 Å². The number of ether oxygens (including phenoxy) is 1. The van der Waals surface area contributed by atoms with Gasteiger partial charge in [-0.05, 0) is 49.2 Å². The highest BCUT2D eigenvalue weighted by atomic mass is 32.2. The van der Waals surface area contributed by atoms with Gasteiger partial charge in [-0.25, -0.2) is 17.2 Å². The van der Waals surface area contributed by atoms with Crippen molar-refractivity contribution in [3.63, 3.8) is 0 Å². The van der Waals surface area contributed by atoms with E-state index in [1.165, 1.54) is 18.3 Å². The fraction of sp³-hybridized carbons (Fsp3) is 0.389. The number of piperidine rings is 1. The number of nitrogens with zero attached hydrogens (tertiary/aromatic N) is 1. The lowest BCUT2D eigenvalue weighted by Crippen LogP contribution is -2.18. The monoisotopic (exact) mass is 380 g/mol. The van der Waals surface area contributed by atoms with Crippen molar-refractivity contribution >= 4 is 9.84 Å². The van der Waals surface area contributed by atoms with Crippen molar-refractivity contribution in [2.45, 2.75) is 4.90 Å². The van der Waals surface area contributed by atoms with Crippen LogP contribution in [0.15, 0.2) is 35.4 Å². The fourth-order valence-corrected chi connectivity index (χ4v) is 4.15. The minimum atomic E-state index is -3.38. The zero-order valence-electron chi connectivity index (χ0n) is 14.1. The summed E-state index contributed by atoms with van der Waals surface area (Å²) < 4.78 is 57.0. The molecule has 4 rings (SSSR count). The summed E-state index contributed by atoms with van der Waals surface area (Å²) in [5, 5.41) is 3.26. The van der Waals surface area contributed by atoms with Crippen LogP contribution in [0.2, 0.25) is 0 Å². The number of sulfone groups is 1. The Hall–Kier alpha value is -2.06. The second-order valence-electron chi connectivity index (χ2n) is 6.88. The first-order chi connectivity index (χ1) is 12.3. The first kappa shape index (κ1) is 17.4. The van der Waals surface area contributed by atoms with Crippen molar-refractivity contribution in [2.75, 3.05) is 26.0 Å². The number of aromatic nitrogens is 1. The van der Waals surface area contributed by atoms with Crippen LogP contribution >= 0.6 is 0 Å². The molecule has 2 aromatic rings. The van der Waals surface area contributed by atoms with Gasteiger partial charge < -0.3 is 10.1 Å². The molecule has 0 spiro atoms. The van der Waals surface area contributed by atoms with Crippen LogP contribution in [-0.2, 0) is 9.84 Å². The number of rotatable bonds is 5. The molecule has 2 unspecified atom stereocenters. The average molecular weight is 380 g/mol. The Labute approximate surface area is 150 Å². The molecule has 0 bridgehead atoms. The summed E-state index contributed by atoms with van der Waals surface area (Å²) in [7, 11) is -3.38. The molecule has 26 heavy (non-hydrogen) atoms. The molecule has 2 fully saturated rings. The van der Waals surface area contributed by atoms with E-state index >= 15 is 0 Å². The van der Waals surface area contributed by atoms with Crippen molar-refractivity contribution in [1.82, 2.24) is 10.3 Å². The average Bonchev–Trinajstić information content (AvgIpc) is 3.01. The third kappa shape index (κ3) is 3.19. The maximum Gasteiger partial charge on any atom is 0.190 e. The molecule has 3 atom stereocenters. The molecular weight excluding hydrogens is 362 g/mol. The van der Waals surface area contributed by atoms with Crippen molar-refractivity contribution in [1.29, 1.82) is 0 Å². The smallest absolute Gasteiger partial charge is 0.190 e. The third-order valence-electron chi connectivity index (χ3n) is 5.15. The van der Waals surface area contributed by atoms with Crippen LogP contribution in [0.5, 0.6) is 5.75 Å². The van der Waals surface area contributed by atoms with Crippen LogP contribution in [0.25, 0.3) is 11.3 Å². The molecule has 1 aliphatic heterocycles. The molecule has 8 heteroatoms. The number of nitrogens with one attached hydrogen (secondary N) is 1. The first-order valence-electron chi connectivity index (χ1n) is 8.33. The van der Waals surface area contributed by atoms with Crippen molar-refractivity contribution in [3.8, 4) is 17.0 Å². The Kier molecular flexibility index (Phi) is 4.19. The molecule has 2 aliphatic rings. The lowest BCUT2D eigenvalue weighted by atomic mass is 10.1. The van der Waals surface area contributed by atoms with E-state index in [9.17, 15) is 17.2 Å². The van der Waals surface area contributed by atoms with E-state index in [0.29, 0.717) is 24.4 Å². The zero-order chi connectivity index (χ0) is 18.5. The Morgan fingerprint density at radius 1 is 1.19 bits per heavy atom. The third-order valence-corrected chi connectivity index (χ3v) is 6.25. The second kappa shape index (κ2) is 6.28. The summed E-state index contributed by atoms with van der Waals surface area (Å²) in [6, 6.07) is 5.08. The number of halogens is 2. The number of hydrogen-bond acceptors (Lipinski definition) is 5. The van der Waals surface area contributed by atoms with Gasteiger partial charge in [-0.3, -0.25) is 4.98 Å². The van der Waals surface area contributed by atoms with E-state index in [2.05, 4.69) is 10.3 Å². The Morgan fingerprint density at radius 2 is 1.85 bits per heavy atom. The van der Waals surface area contributed by atoms with Crippen LogP contribution in [0.4, 0.5) is 8.78 Å². The van der Waals surface area contributed by atoms with E-state index in [-0.39, 0.29) is 21.9 Å². The molecule has 2 heterocycles. The molecule has 1 aromatic heterocycles. The van der Waals surface area contributed by atoms with Gasteiger partial charge in [0.25, 0.3) is 0 Å². The van der Waals surface area contributed by atoms with Crippen molar-refractivity contribution < 1.29 is 21.9 Å². The number of hydrogen-bond donors (Lipinski definition) is 1. The van der Waals surface area contributed by atoms with Gasteiger partial charge in [-0.15, -0.1) is 0 Å². The van der Waals surface area contributed by atoms with Gasteiger partial charge in [0.15, 0.2) is 27.2 Å². The predicted molar refractivity (Wildman–Crippen MR) is 91.5 cm³/mol. The molecule has 138 valence electrons. The SMILES string of the molecule is CS(=O)(=O)c1ccc(-c2cc(F)c(OCC3C4CNC[C@H]43)c(F)c2)nc1. The molecular formula is C18H18F2N2O3S. The van der Waals surface area contributed by atoms with Gasteiger partial charge in [0.05, 0.1) is 17.2 Å². The topological polar surface area (TPSA) is 68.3 Å². The first-order valence-corrected chi connectivity index (χ1v) is 10.2. The highest BCUT2D eigenvalue weighted by molar-refractivity contribution is 7.90. The molecule has 1 saturated heterocycles. The van der Waals surface area contributed by atoms with Gasteiger partial charge in [0, 0.05) is 23.9 Å². The van der Waals surface area contributed by atoms with E-state index in [0.717, 1.165) is 31.5 Å². The Bertz CT molecular complexity index is 914. The Morgan fingerprint density at radius 3 is 2.38 bits per heavy atom. The van der Waals surface area contributed by atoms with Crippen LogP contribution < -0.4 is 10.1 Å². The summed E-state index contributed by atoms with van der Waals surface area (Å²) in [6.07, 6.45) is 2.24. The number of pyridine rings is 1. The van der Waals surface area contributed by atoms with Crippen molar-refractivity contribution in [2.24, 2.45) is 17.8 Å². The lowest BCUT2D eigenvalue weighted by molar-refractivity contribution is 0.255. The zero-order valence-corrected chi connectivity index (χ0v) is 14.9. The van der Waals surface area contributed by atoms with Gasteiger partial charge in [-0.1, -0.05) is 0 Å². The molecule has 0 amide bonds. The van der Waals surface area contributed by atoms with Gasteiger partial charge in [0.2, 0.25) is 0 Å². The maximum absolute atomic E-state index is 14.3. The minimum Gasteiger partial charge on any atom is -0.487 e. The fourth-order valence-electron chi connectivity index (χ4n) is 3.59. The summed E-state index contributed by atoms with van der Waals surface area (Å²) >= 11 is 0. The predicted octanol–water partition coefficient (Wildman–Crippen LogP) is 2.27. The largest absolute Gasteiger partial charge is 0.487 e. The summed E-state index contributed by atoms with van der Waals surface area (Å²) in [5.74, 6) is -0.494. The van der Waals surface area contributed by atoms with Gasteiger partial charge in [-0.2, -0.15) is 0 Å². The highest BCUT2D eigenvalue weighted by Gasteiger charge is 2.53. The molecule has 1 saturated carbocycles. The van der Waals surface area contributed by atoms with Crippen LogP contribution in [0.3, 0.4) is 0 Å². The normalized spacial score (nSPS) is 24.3. The van der Waals surface area contributed by atoms with Crippen LogP contribution in [0.1, 0.15) is 0 Å². The van der Waals surface area contributed by atoms with Crippen LogP contribution in [0, 0.1) is 29.4 Å². The van der Waals surface area contributed by atoms with Gasteiger partial charge in [0.1, 0.15) is 0 Å². The summed E-state index contributed by atoms with van der Waals surface area (Å²) in [5.41, 5.74) is 0.504. The second-order valence-corrected chi connectivity index (χ2v) is 8.90. The molecule has 0 radical (unpaired) electrons. The quantitative estimate of drug-likeness (QED) is 0.862. The van der Waals surface area contributed by atoms with E-state index in [1.807, 2.05) is 0 Å². The minimum absolute atomic E-state index is 0.0478. The molecule has 5 nitrogen and oxygen atoms in total. The standard InChI is InChI=1S/C18H18F2N2O3S/c1-26(23,24)11-2-3-17(22-6-11)10-4-15(19)18(16(20)5-10)25-9-14-12-7-21-8-13(12)14/h2-6,12-14,21H,7-9H2,1H3/t12-,13?,14?/m1/s1. The van der Waals surface area contributed by atoms with E-state index in [1.54, 1.807) is 0 Å². The van der Waals surface area contributed by atoms with E-state index in [4.69, 9.17) is 4.74 Å². The summed E-state index contributed by atoms with van der Waals surface area (Å²) in [4.78, 5) is 4.04. The summed E-state index contributed by atoms with van der Waals surface area (Å²) in [6.45, 7) is 2.20. The van der Waals surface area contributed by atoms with Crippen molar-refractivity contribution in [3.05, 3.63) is 42.1 Å². The molecule has 1 N–H and O–H groups in total. The van der Waals surface area contributed by atoms with E-state index < -0.39 is 21.5 Å². The lowest BCUT2D eigenvalue weighted by Gasteiger charge is -2.11.